The van der Waals surface area contributed by atoms with Gasteiger partial charge in [-0.05, 0) is 0 Å². The summed E-state index contributed by atoms with van der Waals surface area (Å²) < 4.78 is 215. The molecule has 0 aliphatic carbocycles. The van der Waals surface area contributed by atoms with Crippen molar-refractivity contribution in [2.75, 3.05) is 0 Å². The molecule has 0 bridgehead atoms. The van der Waals surface area contributed by atoms with Gasteiger partial charge in [0.05, 0.1) is 0 Å². The normalized spacial score (nSPS) is 9.83. The van der Waals surface area contributed by atoms with Crippen molar-refractivity contribution in [1.82, 2.24) is 0 Å². The maximum absolute atomic E-state index is 10.2. The first kappa shape index (κ1) is 78.4. The number of hydrogen-bond acceptors (Lipinski definition) is 18. The van der Waals surface area contributed by atoms with Gasteiger partial charge in [-0.1, -0.05) is 0 Å². The van der Waals surface area contributed by atoms with Gasteiger partial charge in [0.2, 0.25) is 0 Å². The fourth-order valence-corrected chi connectivity index (χ4v) is 0. The minimum absolute atomic E-state index is 0. The Labute approximate surface area is 293 Å². The van der Waals surface area contributed by atoms with E-state index in [4.69, 9.17) is 58.7 Å². The molecular formula is F6Fe6O18Sb6. The van der Waals surface area contributed by atoms with Crippen molar-refractivity contribution in [3.8, 4) is 0 Å². The van der Waals surface area contributed by atoms with E-state index in [-0.39, 0.29) is 102 Å². The summed E-state index contributed by atoms with van der Waals surface area (Å²) in [6, 6.07) is 0. The van der Waals surface area contributed by atoms with E-state index in [1.165, 1.54) is 0 Å². The second-order valence-electron chi connectivity index (χ2n) is 2.58. The zero-order valence-corrected chi connectivity index (χ0v) is 36.4. The van der Waals surface area contributed by atoms with Crippen molar-refractivity contribution in [2.24, 2.45) is 0 Å². The topological polar surface area (TPSA) is 379 Å². The Balaban J connectivity index is -0.0000000186. The number of halogens is 6. The van der Waals surface area contributed by atoms with Gasteiger partial charge in [0, 0.05) is 0 Å². The van der Waals surface area contributed by atoms with Crippen LogP contribution >= 0.6 is 0 Å². The zero-order chi connectivity index (χ0) is 27.0. The molecule has 0 aliphatic heterocycles. The minimum atomic E-state index is -6.35. The fourth-order valence-electron chi connectivity index (χ4n) is 0. The quantitative estimate of drug-likeness (QED) is 0.161. The Bertz CT molecular complexity index is 497. The first-order valence-electron chi connectivity index (χ1n) is 4.30. The van der Waals surface area contributed by atoms with E-state index in [0.717, 1.165) is 0 Å². The van der Waals surface area contributed by atoms with E-state index >= 15 is 0 Å². The summed E-state index contributed by atoms with van der Waals surface area (Å²) >= 11 is -38.1. The van der Waals surface area contributed by atoms with Crippen LogP contribution in [-0.4, -0.2) is 121 Å². The predicted octanol–water partition coefficient (Wildman–Crippen LogP) is -14.8. The molecule has 0 aromatic rings. The Hall–Kier alpha value is 5.93. The third kappa shape index (κ3) is 1720. The van der Waals surface area contributed by atoms with Gasteiger partial charge in [0.25, 0.3) is 0 Å². The van der Waals surface area contributed by atoms with E-state index in [1.54, 1.807) is 0 Å². The second kappa shape index (κ2) is 37.1. The molecule has 0 amide bonds. The van der Waals surface area contributed by atoms with Crippen LogP contribution in [0.2, 0.25) is 0 Å². The van der Waals surface area contributed by atoms with Crippen molar-refractivity contribution in [3.63, 3.8) is 0 Å². The van der Waals surface area contributed by atoms with Crippen molar-refractivity contribution in [3.05, 3.63) is 0 Å². The van der Waals surface area contributed by atoms with Crippen LogP contribution in [-0.2, 0) is 121 Å². The third-order valence-electron chi connectivity index (χ3n) is 0. The van der Waals surface area contributed by atoms with Crippen molar-refractivity contribution in [2.45, 2.75) is 0 Å². The van der Waals surface area contributed by atoms with Crippen LogP contribution in [0, 0.1) is 0 Å². The van der Waals surface area contributed by atoms with E-state index in [2.05, 4.69) is 0 Å². The van der Waals surface area contributed by atoms with Crippen LogP contribution in [0.3, 0.4) is 0 Å². The average Bonchev–Trinajstić information content (AvgIpc) is 1.94. The summed E-state index contributed by atoms with van der Waals surface area (Å²) in [5.41, 5.74) is 0. The zero-order valence-electron chi connectivity index (χ0n) is 14.4. The summed E-state index contributed by atoms with van der Waals surface area (Å²) in [7, 11) is 0. The van der Waals surface area contributed by atoms with Gasteiger partial charge in [0.1, 0.15) is 0 Å². The van der Waals surface area contributed by atoms with E-state index in [0.29, 0.717) is 0 Å². The van der Waals surface area contributed by atoms with Crippen LogP contribution in [0.1, 0.15) is 0 Å². The molecule has 0 N–H and O–H groups in total. The van der Waals surface area contributed by atoms with Crippen molar-refractivity contribution < 1.29 is 178 Å². The summed E-state index contributed by atoms with van der Waals surface area (Å²) in [6.45, 7) is 0. The van der Waals surface area contributed by atoms with Crippen LogP contribution in [0.25, 0.3) is 0 Å². The number of hydrogen-bond donors (Lipinski definition) is 0. The third-order valence-corrected chi connectivity index (χ3v) is 0. The van der Waals surface area contributed by atoms with Crippen LogP contribution in [0.5, 0.6) is 0 Å². The van der Waals surface area contributed by atoms with Crippen molar-refractivity contribution >= 4 is 121 Å². The summed E-state index contributed by atoms with van der Waals surface area (Å²) in [4.78, 5) is 0. The molecule has 0 fully saturated rings. The van der Waals surface area contributed by atoms with E-state index in [9.17, 15) is 16.9 Å². The van der Waals surface area contributed by atoms with Crippen molar-refractivity contribution in [1.29, 1.82) is 0 Å². The molecule has 0 atom stereocenters. The molecule has 0 aliphatic rings. The first-order chi connectivity index (χ1) is 12.0. The van der Waals surface area contributed by atoms with Gasteiger partial charge < -0.3 is 0 Å². The summed E-state index contributed by atoms with van der Waals surface area (Å²) in [6.07, 6.45) is 0. The average molecular weight is 1470 g/mol. The van der Waals surface area contributed by atoms with Gasteiger partial charge in [-0.2, -0.15) is 0 Å². The van der Waals surface area contributed by atoms with Gasteiger partial charge in [-0.25, -0.2) is 0 Å². The molecule has 0 radical (unpaired) electrons. The summed E-state index contributed by atoms with van der Waals surface area (Å²) in [5, 5.41) is 0. The summed E-state index contributed by atoms with van der Waals surface area (Å²) in [5.74, 6) is 0. The molecule has 228 valence electrons. The second-order valence-corrected chi connectivity index (χ2v) is 17.3. The van der Waals surface area contributed by atoms with Gasteiger partial charge >= 0.3 is 299 Å². The number of rotatable bonds is 0. The first-order valence-corrected chi connectivity index (χ1v) is 28.8. The SMILES string of the molecule is [Fe+2].[Fe+2].[Fe+2].[Fe+2].[Fe+2].[Fe+2].[O]=[Sb]([O-])([O-])[F].[O]=[Sb]([O-])([O-])[F].[O]=[Sb]([O-])([O-])[F].[O]=[Sb]([O-])([O-])[F].[O]=[Sb]([O-])([O-])[F].[O]=[Sb]([O-])([O-])[F]. The predicted molar refractivity (Wildman–Crippen MR) is 45.3 cm³/mol. The maximum atomic E-state index is 10.2. The van der Waals surface area contributed by atoms with Gasteiger partial charge in [-0.3, -0.25) is 0 Å². The molecule has 0 unspecified atom stereocenters. The monoisotopic (exact) mass is 1460 g/mol. The van der Waals surface area contributed by atoms with E-state index < -0.39 is 121 Å². The Morgan fingerprint density at radius 2 is 0.250 bits per heavy atom. The van der Waals surface area contributed by atoms with Crippen LogP contribution < -0.4 is 40.6 Å². The molecule has 0 aromatic carbocycles. The Kier molecular flexibility index (Phi) is 80.8. The van der Waals surface area contributed by atoms with Crippen LogP contribution in [0.15, 0.2) is 0 Å². The van der Waals surface area contributed by atoms with Gasteiger partial charge in [-0.15, -0.1) is 0 Å². The molecular weight excluding hydrogens is 1470 g/mol. The molecule has 18 nitrogen and oxygen atoms in total. The fraction of sp³-hybridized carbons (Fsp3) is 0. The molecule has 0 rings (SSSR count). The molecule has 0 heterocycles. The molecule has 0 aromatic heterocycles. The van der Waals surface area contributed by atoms with Gasteiger partial charge in [0.15, 0.2) is 0 Å². The van der Waals surface area contributed by atoms with Crippen LogP contribution in [0.4, 0.5) is 16.9 Å². The molecule has 36 heavy (non-hydrogen) atoms. The van der Waals surface area contributed by atoms with E-state index in [1.807, 2.05) is 0 Å². The molecule has 0 spiro atoms. The Morgan fingerprint density at radius 3 is 0.250 bits per heavy atom. The molecule has 36 heteroatoms. The standard InChI is InChI=1S/6FH.6Fe.18O.6Sb/h6*1H;;;;;;;;;;;;;;;;;;;;;;;;;;;;;;/q;;;;;;6*+2;;;;;;;12*-1;6*+1/p-6. The molecule has 0 saturated carbocycles. The molecule has 0 saturated heterocycles. The Morgan fingerprint density at radius 1 is 0.250 bits per heavy atom.